The molecule has 0 radical (unpaired) electrons. The highest BCUT2D eigenvalue weighted by atomic mass is 16.5. The van der Waals surface area contributed by atoms with E-state index in [1.807, 2.05) is 85.5 Å². The maximum Gasteiger partial charge on any atom is 0.256 e. The second-order valence-electron chi connectivity index (χ2n) is 28.7. The SMILES string of the molecule is CCC(C(=O)Nc1cccc2c(-c3nc(Nc4cn(C)nc4OC)ncc3C)[nH]nc12)N1CCN(C)CC1.CCC(C(=O)Nc1ccnc2c(-c3nc(Nc4cn(C)nc4OC)ncc3C)c[nH]c12)N1CCN(C)CC1.CCC(C(=O)Nc1ncnc2c(-c3nc(Nc4cn(C)nc4OC)ncc3C)c[nH]c12)N1CCN(C)CC1. The Morgan fingerprint density at radius 2 is 0.860 bits per heavy atom. The normalized spacial score (nSPS) is 15.5. The predicted octanol–water partition coefficient (Wildman–Crippen LogP) is 7.73. The lowest BCUT2D eigenvalue weighted by atomic mass is 10.1. The van der Waals surface area contributed by atoms with E-state index in [4.69, 9.17) is 29.2 Å². The Labute approximate surface area is 659 Å². The van der Waals surface area contributed by atoms with Gasteiger partial charge < -0.3 is 70.8 Å². The molecule has 1 aromatic carbocycles. The maximum absolute atomic E-state index is 13.3. The zero-order chi connectivity index (χ0) is 80.4. The van der Waals surface area contributed by atoms with Crippen molar-refractivity contribution in [3.05, 3.63) is 103 Å². The molecule has 3 unspecified atom stereocenters. The molecule has 3 aliphatic heterocycles. The highest BCUT2D eigenvalue weighted by Crippen LogP contribution is 2.37. The number of fused-ring (bicyclic) bond motifs is 3. The van der Waals surface area contributed by atoms with Crippen LogP contribution in [0.25, 0.3) is 66.9 Å². The Morgan fingerprint density at radius 1 is 0.456 bits per heavy atom. The van der Waals surface area contributed by atoms with Crippen molar-refractivity contribution in [3.8, 4) is 51.5 Å². The average molecular weight is 1560 g/mol. The number of para-hydroxylation sites is 1. The molecule has 3 amide bonds. The minimum absolute atomic E-state index is 0.00387. The zero-order valence-corrected chi connectivity index (χ0v) is 67.2. The Bertz CT molecular complexity index is 4830. The summed E-state index contributed by atoms with van der Waals surface area (Å²) in [6.07, 6.45) is 19.7. The largest absolute Gasteiger partial charge is 0.478 e. The Morgan fingerprint density at radius 3 is 1.30 bits per heavy atom. The molecular weight excluding hydrogens is 1460 g/mol. The van der Waals surface area contributed by atoms with Crippen LogP contribution in [0.3, 0.4) is 0 Å². The van der Waals surface area contributed by atoms with Gasteiger partial charge in [0.05, 0.1) is 103 Å². The van der Waals surface area contributed by atoms with Gasteiger partial charge in [-0.1, -0.05) is 32.9 Å². The van der Waals surface area contributed by atoms with Gasteiger partial charge in [0, 0.05) is 153 Å². The molecule has 600 valence electrons. The van der Waals surface area contributed by atoms with Gasteiger partial charge in [0.2, 0.25) is 35.6 Å². The van der Waals surface area contributed by atoms with Crippen LogP contribution in [-0.2, 0) is 35.5 Å². The standard InChI is InChI=1S/2C26H34N10O2.C25H33N11O2/c1-6-20(36-11-9-34(3)10-12-36)24(37)30-18-7-8-27-22-17(14-28-23(18)22)21-16(2)13-29-26(32-21)31-19-15-35(4)33-25(19)38-5;1-6-20(36-12-10-34(3)11-13-36)24(37)28-18-9-7-8-17-22(18)31-32-23(17)21-16(2)14-27-26(30-21)29-19-15-35(4)33-25(19)38-5;1-6-18(36-9-7-34(3)8-10-36)23(37)32-22-21-20(28-14-29-22)16(12-26-21)19-15(2)11-27-25(31-19)30-17-13-35(4)33-24(17)38-5/h7-8,13-15,20,28H,6,9-12H2,1-5H3,(H,27,30,37)(H,29,31,32);7-9,14-15,20H,6,10-13H2,1-5H3,(H,28,37)(H,31,32)(H,27,29,30);11-14,18,26H,6-10H2,1-5H3,(H,27,30,31)(H,28,29,32,37). The third-order valence-electron chi connectivity index (χ3n) is 20.7. The molecular formula is C77H101N31O6. The zero-order valence-electron chi connectivity index (χ0n) is 67.2. The summed E-state index contributed by atoms with van der Waals surface area (Å²) >= 11 is 0. The molecule has 3 aliphatic rings. The van der Waals surface area contributed by atoms with Crippen molar-refractivity contribution in [3.63, 3.8) is 0 Å². The van der Waals surface area contributed by atoms with E-state index in [0.29, 0.717) is 97.7 Å². The number of aryl methyl sites for hydroxylation is 6. The molecule has 0 bridgehead atoms. The van der Waals surface area contributed by atoms with Gasteiger partial charge in [0.1, 0.15) is 39.9 Å². The number of methoxy groups -OCH3 is 3. The van der Waals surface area contributed by atoms with Crippen LogP contribution in [0.4, 0.5) is 52.1 Å². The fourth-order valence-electron chi connectivity index (χ4n) is 14.5. The first-order valence-corrected chi connectivity index (χ1v) is 38.1. The van der Waals surface area contributed by atoms with Gasteiger partial charge >= 0.3 is 0 Å². The van der Waals surface area contributed by atoms with Gasteiger partial charge in [0.25, 0.3) is 17.6 Å². The van der Waals surface area contributed by atoms with Crippen molar-refractivity contribution in [2.24, 2.45) is 21.1 Å². The summed E-state index contributed by atoms with van der Waals surface area (Å²) in [4.78, 5) is 101. The first-order valence-electron chi connectivity index (χ1n) is 38.1. The number of H-pyrrole nitrogens is 3. The second-order valence-corrected chi connectivity index (χ2v) is 28.7. The Balaban J connectivity index is 0.000000149. The van der Waals surface area contributed by atoms with Gasteiger partial charge in [-0.3, -0.25) is 53.2 Å². The van der Waals surface area contributed by atoms with Crippen molar-refractivity contribution in [2.45, 2.75) is 78.9 Å². The lowest BCUT2D eigenvalue weighted by Crippen LogP contribution is -2.52. The van der Waals surface area contributed by atoms with Gasteiger partial charge in [-0.2, -0.15) is 5.10 Å². The number of piperazine rings is 3. The molecule has 3 atom stereocenters. The number of nitrogens with zero attached hydrogens (tertiary/aromatic N) is 22. The van der Waals surface area contributed by atoms with E-state index in [-0.39, 0.29) is 35.8 Å². The van der Waals surface area contributed by atoms with Crippen molar-refractivity contribution in [2.75, 3.05) is 153 Å². The van der Waals surface area contributed by atoms with Crippen molar-refractivity contribution in [1.82, 2.24) is 124 Å². The number of benzene rings is 1. The van der Waals surface area contributed by atoms with E-state index >= 15 is 0 Å². The first kappa shape index (κ1) is 79.9. The van der Waals surface area contributed by atoms with Crippen LogP contribution in [0.5, 0.6) is 17.6 Å². The lowest BCUT2D eigenvalue weighted by molar-refractivity contribution is -0.122. The molecule has 0 spiro atoms. The van der Waals surface area contributed by atoms with E-state index in [1.54, 1.807) is 78.8 Å². The molecule has 14 heterocycles. The number of hydrogen-bond donors (Lipinski definition) is 9. The topological polar surface area (TPSA) is 400 Å². The van der Waals surface area contributed by atoms with Crippen LogP contribution in [0.2, 0.25) is 0 Å². The molecule has 12 aromatic rings. The van der Waals surface area contributed by atoms with Crippen molar-refractivity contribution >= 4 is 103 Å². The quantitative estimate of drug-likeness (QED) is 0.0279. The smallest absolute Gasteiger partial charge is 0.256 e. The molecule has 0 saturated carbocycles. The van der Waals surface area contributed by atoms with Crippen LogP contribution in [0.15, 0.2) is 86.4 Å². The minimum Gasteiger partial charge on any atom is -0.478 e. The summed E-state index contributed by atoms with van der Waals surface area (Å²) in [6.45, 7) is 23.0. The molecule has 37 heteroatoms. The molecule has 9 N–H and O–H groups in total. The van der Waals surface area contributed by atoms with Crippen molar-refractivity contribution in [1.29, 1.82) is 0 Å². The number of pyridine rings is 1. The molecule has 15 rings (SSSR count). The van der Waals surface area contributed by atoms with Crippen LogP contribution >= 0.6 is 0 Å². The number of nitrogens with one attached hydrogen (secondary N) is 9. The average Bonchev–Trinajstić information content (AvgIpc) is 1.56. The Hall–Kier alpha value is -12.2. The summed E-state index contributed by atoms with van der Waals surface area (Å²) < 4.78 is 20.9. The van der Waals surface area contributed by atoms with Gasteiger partial charge in [-0.25, -0.2) is 39.9 Å². The maximum atomic E-state index is 13.3. The third-order valence-corrected chi connectivity index (χ3v) is 20.7. The number of amides is 3. The number of aromatic nitrogens is 19. The number of anilines is 9. The first-order chi connectivity index (χ1) is 55.1. The predicted molar refractivity (Wildman–Crippen MR) is 438 cm³/mol. The van der Waals surface area contributed by atoms with E-state index in [9.17, 15) is 14.4 Å². The lowest BCUT2D eigenvalue weighted by Gasteiger charge is -2.36. The van der Waals surface area contributed by atoms with Gasteiger partial charge in [-0.05, 0) is 90.0 Å². The van der Waals surface area contributed by atoms with E-state index in [0.717, 1.165) is 153 Å². The molecule has 3 fully saturated rings. The summed E-state index contributed by atoms with van der Waals surface area (Å²) in [6, 6.07) is 7.03. The molecule has 3 saturated heterocycles. The number of likely N-dealkylation sites (N-methyl/N-ethyl adjacent to an activating group) is 3. The highest BCUT2D eigenvalue weighted by molar-refractivity contribution is 6.07. The second kappa shape index (κ2) is 35.7. The number of ether oxygens (including phenoxy) is 3. The summed E-state index contributed by atoms with van der Waals surface area (Å²) in [5, 5.41) is 40.2. The number of carbonyl (C=O) groups excluding carboxylic acids is 3. The Kier molecular flexibility index (Phi) is 25.0. The molecule has 37 nitrogen and oxygen atoms in total. The van der Waals surface area contributed by atoms with Crippen LogP contribution in [0.1, 0.15) is 56.7 Å². The molecule has 114 heavy (non-hydrogen) atoms. The number of carbonyl (C=O) groups is 3. The fourth-order valence-corrected chi connectivity index (χ4v) is 14.5. The number of hydrogen-bond acceptors (Lipinski definition) is 28. The van der Waals surface area contributed by atoms with Crippen LogP contribution < -0.4 is 46.1 Å². The third kappa shape index (κ3) is 17.8. The van der Waals surface area contributed by atoms with E-state index in [1.165, 1.54) is 6.33 Å². The number of aromatic amines is 3. The monoisotopic (exact) mass is 1560 g/mol. The van der Waals surface area contributed by atoms with E-state index < -0.39 is 0 Å². The summed E-state index contributed by atoms with van der Waals surface area (Å²) in [7, 11) is 16.5. The van der Waals surface area contributed by atoms with Crippen LogP contribution in [0, 0.1) is 20.8 Å². The van der Waals surface area contributed by atoms with E-state index in [2.05, 4.69) is 162 Å². The summed E-state index contributed by atoms with van der Waals surface area (Å²) in [5.74, 6) is 2.93. The number of rotatable bonds is 24. The van der Waals surface area contributed by atoms with Gasteiger partial charge in [0.15, 0.2) is 5.82 Å². The molecule has 0 aliphatic carbocycles. The molecule has 11 aromatic heterocycles. The fraction of sp³-hybridized carbons (Fsp3) is 0.429. The van der Waals surface area contributed by atoms with Gasteiger partial charge in [-0.15, -0.1) is 15.3 Å². The van der Waals surface area contributed by atoms with Crippen molar-refractivity contribution < 1.29 is 28.6 Å². The summed E-state index contributed by atoms with van der Waals surface area (Å²) in [5.41, 5.74) is 14.0. The highest BCUT2D eigenvalue weighted by Gasteiger charge is 2.32. The minimum atomic E-state index is -0.217. The van der Waals surface area contributed by atoms with Crippen LogP contribution in [-0.4, -0.2) is 281 Å².